The number of rotatable bonds is 2. The molecule has 0 aliphatic carbocycles. The van der Waals surface area contributed by atoms with Gasteiger partial charge in [0.05, 0.1) is 5.52 Å². The van der Waals surface area contributed by atoms with E-state index in [0.29, 0.717) is 0 Å². The van der Waals surface area contributed by atoms with Gasteiger partial charge in [0.1, 0.15) is 0 Å². The number of pyridine rings is 1. The molecule has 0 unspecified atom stereocenters. The highest BCUT2D eigenvalue weighted by Crippen LogP contribution is 2.27. The Morgan fingerprint density at radius 2 is 1.80 bits per heavy atom. The second kappa shape index (κ2) is 5.26. The fourth-order valence-electron chi connectivity index (χ4n) is 2.54. The zero-order chi connectivity index (χ0) is 14.1. The molecule has 100 valence electrons. The molecule has 0 saturated heterocycles. The van der Waals surface area contributed by atoms with E-state index in [1.54, 1.807) is 0 Å². The first-order chi connectivity index (χ1) is 9.65. The van der Waals surface area contributed by atoms with Gasteiger partial charge in [-0.25, -0.2) is 0 Å². The van der Waals surface area contributed by atoms with E-state index in [1.807, 2.05) is 24.3 Å². The zero-order valence-electron chi connectivity index (χ0n) is 11.6. The Morgan fingerprint density at radius 3 is 2.60 bits per heavy atom. The molecule has 2 heteroatoms. The van der Waals surface area contributed by atoms with E-state index in [0.717, 1.165) is 16.2 Å². The molecule has 2 aromatic carbocycles. The molecule has 1 heterocycles. The van der Waals surface area contributed by atoms with Gasteiger partial charge in [-0.3, -0.25) is 4.98 Å². The molecule has 3 aromatic rings. The molecular formula is C18H16ClN. The van der Waals surface area contributed by atoms with E-state index in [9.17, 15) is 0 Å². The van der Waals surface area contributed by atoms with Crippen molar-refractivity contribution in [1.82, 2.24) is 4.98 Å². The molecule has 1 atom stereocenters. The van der Waals surface area contributed by atoms with Crippen molar-refractivity contribution in [3.8, 4) is 0 Å². The number of halogens is 1. The number of aryl methyl sites for hydroxylation is 1. The van der Waals surface area contributed by atoms with Crippen molar-refractivity contribution in [1.29, 1.82) is 0 Å². The minimum absolute atomic E-state index is 0.233. The van der Waals surface area contributed by atoms with Crippen LogP contribution in [0.25, 0.3) is 10.9 Å². The molecule has 20 heavy (non-hydrogen) atoms. The van der Waals surface area contributed by atoms with Gasteiger partial charge in [0.15, 0.2) is 0 Å². The Hall–Kier alpha value is -1.86. The molecule has 0 radical (unpaired) electrons. The molecular weight excluding hydrogens is 266 g/mol. The fraction of sp³-hybridized carbons (Fsp3) is 0.167. The molecule has 0 fully saturated rings. The van der Waals surface area contributed by atoms with Crippen LogP contribution in [0.4, 0.5) is 0 Å². The second-order valence-electron chi connectivity index (χ2n) is 5.16. The minimum Gasteiger partial charge on any atom is -0.252 e. The monoisotopic (exact) mass is 281 g/mol. The number of fused-ring (bicyclic) bond motifs is 1. The fourth-order valence-corrected chi connectivity index (χ4v) is 2.74. The Labute approximate surface area is 124 Å². The van der Waals surface area contributed by atoms with E-state index in [-0.39, 0.29) is 5.92 Å². The van der Waals surface area contributed by atoms with Crippen LogP contribution in [0.3, 0.4) is 0 Å². The van der Waals surface area contributed by atoms with Crippen molar-refractivity contribution in [2.24, 2.45) is 0 Å². The Morgan fingerprint density at radius 1 is 1.00 bits per heavy atom. The van der Waals surface area contributed by atoms with Gasteiger partial charge in [0.2, 0.25) is 0 Å². The minimum atomic E-state index is 0.233. The molecule has 0 N–H and O–H groups in total. The van der Waals surface area contributed by atoms with E-state index >= 15 is 0 Å². The maximum absolute atomic E-state index is 6.08. The summed E-state index contributed by atoms with van der Waals surface area (Å²) in [5.41, 5.74) is 4.60. The lowest BCUT2D eigenvalue weighted by Gasteiger charge is -2.14. The molecule has 3 rings (SSSR count). The van der Waals surface area contributed by atoms with Gasteiger partial charge in [0.25, 0.3) is 0 Å². The summed E-state index contributed by atoms with van der Waals surface area (Å²) in [7, 11) is 0. The molecule has 0 aliphatic rings. The highest BCUT2D eigenvalue weighted by molar-refractivity contribution is 6.30. The average Bonchev–Trinajstić information content (AvgIpc) is 2.46. The highest BCUT2D eigenvalue weighted by atomic mass is 35.5. The Bertz CT molecular complexity index is 764. The van der Waals surface area contributed by atoms with Crippen LogP contribution in [0, 0.1) is 6.92 Å². The molecule has 0 spiro atoms. The molecule has 0 aliphatic heterocycles. The van der Waals surface area contributed by atoms with Gasteiger partial charge in [-0.1, -0.05) is 48.9 Å². The van der Waals surface area contributed by atoms with Crippen LogP contribution in [-0.2, 0) is 0 Å². The van der Waals surface area contributed by atoms with Gasteiger partial charge in [-0.2, -0.15) is 0 Å². The maximum Gasteiger partial charge on any atom is 0.0708 e. The molecule has 0 amide bonds. The Balaban J connectivity index is 2.10. The van der Waals surface area contributed by atoms with Gasteiger partial charge >= 0.3 is 0 Å². The lowest BCUT2D eigenvalue weighted by Crippen LogP contribution is -2.00. The third-order valence-electron chi connectivity index (χ3n) is 3.74. The van der Waals surface area contributed by atoms with Crippen molar-refractivity contribution in [3.05, 3.63) is 76.4 Å². The summed E-state index contributed by atoms with van der Waals surface area (Å²) in [5.74, 6) is 0.233. The quantitative estimate of drug-likeness (QED) is 0.617. The van der Waals surface area contributed by atoms with Crippen molar-refractivity contribution in [3.63, 3.8) is 0 Å². The van der Waals surface area contributed by atoms with Crippen molar-refractivity contribution >= 4 is 22.5 Å². The van der Waals surface area contributed by atoms with Crippen LogP contribution >= 0.6 is 11.6 Å². The number of hydrogen-bond acceptors (Lipinski definition) is 1. The first kappa shape index (κ1) is 13.1. The van der Waals surface area contributed by atoms with E-state index in [4.69, 9.17) is 16.6 Å². The van der Waals surface area contributed by atoms with Crippen molar-refractivity contribution < 1.29 is 0 Å². The van der Waals surface area contributed by atoms with E-state index < -0.39 is 0 Å². The van der Waals surface area contributed by atoms with Crippen LogP contribution in [0.5, 0.6) is 0 Å². The molecule has 1 aromatic heterocycles. The van der Waals surface area contributed by atoms with Gasteiger partial charge in [0, 0.05) is 22.0 Å². The van der Waals surface area contributed by atoms with Crippen LogP contribution < -0.4 is 0 Å². The Kier molecular flexibility index (Phi) is 3.45. The van der Waals surface area contributed by atoms with Gasteiger partial charge < -0.3 is 0 Å². The normalized spacial score (nSPS) is 12.6. The maximum atomic E-state index is 6.08. The third kappa shape index (κ3) is 2.41. The summed E-state index contributed by atoms with van der Waals surface area (Å²) in [4.78, 5) is 4.80. The second-order valence-corrected chi connectivity index (χ2v) is 5.59. The van der Waals surface area contributed by atoms with Crippen LogP contribution in [0.1, 0.15) is 29.7 Å². The summed E-state index contributed by atoms with van der Waals surface area (Å²) >= 11 is 6.08. The molecule has 1 nitrogen and oxygen atoms in total. The highest BCUT2D eigenvalue weighted by Gasteiger charge is 2.12. The summed E-state index contributed by atoms with van der Waals surface area (Å²) < 4.78 is 0. The van der Waals surface area contributed by atoms with Crippen LogP contribution in [0.15, 0.2) is 54.6 Å². The number of hydrogen-bond donors (Lipinski definition) is 0. The predicted molar refractivity (Wildman–Crippen MR) is 85.4 cm³/mol. The van der Waals surface area contributed by atoms with Crippen LogP contribution in [0.2, 0.25) is 5.02 Å². The summed E-state index contributed by atoms with van der Waals surface area (Å²) in [6.45, 7) is 4.31. The van der Waals surface area contributed by atoms with Crippen molar-refractivity contribution in [2.45, 2.75) is 19.8 Å². The number of nitrogens with zero attached hydrogens (tertiary/aromatic N) is 1. The van der Waals surface area contributed by atoms with E-state index in [2.05, 4.69) is 44.2 Å². The standard InChI is InChI=1S/C18H16ClN/c1-12-10-18(20-17-9-4-3-8-16(12)17)13(2)14-6-5-7-15(19)11-14/h3-11,13H,1-2H3/t13-/m0/s1. The topological polar surface area (TPSA) is 12.9 Å². The summed E-state index contributed by atoms with van der Waals surface area (Å²) in [6.07, 6.45) is 0. The first-order valence-electron chi connectivity index (χ1n) is 6.77. The molecule has 0 bridgehead atoms. The molecule has 0 saturated carbocycles. The smallest absolute Gasteiger partial charge is 0.0708 e. The lowest BCUT2D eigenvalue weighted by molar-refractivity contribution is 0.878. The van der Waals surface area contributed by atoms with E-state index in [1.165, 1.54) is 16.5 Å². The summed E-state index contributed by atoms with van der Waals surface area (Å²) in [5, 5.41) is 1.99. The number of benzene rings is 2. The number of para-hydroxylation sites is 1. The number of aromatic nitrogens is 1. The van der Waals surface area contributed by atoms with Gasteiger partial charge in [-0.05, 0) is 42.3 Å². The lowest BCUT2D eigenvalue weighted by atomic mass is 9.95. The van der Waals surface area contributed by atoms with Crippen LogP contribution in [-0.4, -0.2) is 4.98 Å². The first-order valence-corrected chi connectivity index (χ1v) is 7.14. The van der Waals surface area contributed by atoms with Crippen molar-refractivity contribution in [2.75, 3.05) is 0 Å². The van der Waals surface area contributed by atoms with Gasteiger partial charge in [-0.15, -0.1) is 0 Å². The average molecular weight is 282 g/mol. The zero-order valence-corrected chi connectivity index (χ0v) is 12.4. The predicted octanol–water partition coefficient (Wildman–Crippen LogP) is 5.35. The largest absolute Gasteiger partial charge is 0.252 e. The third-order valence-corrected chi connectivity index (χ3v) is 3.97. The SMILES string of the molecule is Cc1cc([C@@H](C)c2cccc(Cl)c2)nc2ccccc12. The summed E-state index contributed by atoms with van der Waals surface area (Å²) in [6, 6.07) is 18.4.